The second-order valence-corrected chi connectivity index (χ2v) is 11.3. The van der Waals surface area contributed by atoms with Gasteiger partial charge in [-0.25, -0.2) is 17.9 Å². The number of carbonyl (C=O) groups is 2. The first-order valence-electron chi connectivity index (χ1n) is 11.8. The first kappa shape index (κ1) is 26.8. The van der Waals surface area contributed by atoms with Crippen LogP contribution in [0.5, 0.6) is 0 Å². The summed E-state index contributed by atoms with van der Waals surface area (Å²) in [6.45, 7) is 1.94. The van der Waals surface area contributed by atoms with E-state index in [1.165, 1.54) is 12.1 Å². The zero-order chi connectivity index (χ0) is 26.3. The van der Waals surface area contributed by atoms with Crippen molar-refractivity contribution in [3.8, 4) is 0 Å². The summed E-state index contributed by atoms with van der Waals surface area (Å²) in [4.78, 5) is 27.0. The van der Waals surface area contributed by atoms with Crippen LogP contribution in [0, 0.1) is 5.92 Å². The summed E-state index contributed by atoms with van der Waals surface area (Å²) >= 11 is 3.26. The molecule has 1 N–H and O–H groups in total. The second-order valence-electron chi connectivity index (χ2n) is 8.72. The first-order chi connectivity index (χ1) is 17.8. The van der Waals surface area contributed by atoms with Crippen LogP contribution in [0.2, 0.25) is 0 Å². The summed E-state index contributed by atoms with van der Waals surface area (Å²) < 4.78 is 39.2. The van der Waals surface area contributed by atoms with Gasteiger partial charge in [0.2, 0.25) is 0 Å². The molecule has 4 rings (SSSR count). The van der Waals surface area contributed by atoms with Gasteiger partial charge in [-0.2, -0.15) is 0 Å². The van der Waals surface area contributed by atoms with Crippen LogP contribution in [0.15, 0.2) is 88.2 Å². The minimum absolute atomic E-state index is 0.00458. The molecule has 0 unspecified atom stereocenters. The SMILES string of the molecule is O=C(NS(=O)(=O)c1ccc(Br)cc1)c1cccc(C[C@@H]2COCCN(C(=O)OCc3ccccc3)C2)c1. The number of hydrogen-bond acceptors (Lipinski definition) is 6. The Hall–Kier alpha value is -3.21. The van der Waals surface area contributed by atoms with Gasteiger partial charge in [-0.1, -0.05) is 58.4 Å². The molecule has 3 aromatic carbocycles. The Morgan fingerprint density at radius 2 is 1.73 bits per heavy atom. The predicted molar refractivity (Wildman–Crippen MR) is 141 cm³/mol. The molecule has 8 nitrogen and oxygen atoms in total. The smallest absolute Gasteiger partial charge is 0.410 e. The Labute approximate surface area is 224 Å². The highest BCUT2D eigenvalue weighted by Gasteiger charge is 2.24. The van der Waals surface area contributed by atoms with Crippen molar-refractivity contribution in [2.45, 2.75) is 17.9 Å². The van der Waals surface area contributed by atoms with Crippen LogP contribution in [-0.4, -0.2) is 51.6 Å². The third-order valence-electron chi connectivity index (χ3n) is 5.87. The molecule has 1 atom stereocenters. The standard InChI is InChI=1S/C27H27BrN2O6S/c28-24-9-11-25(12-10-24)37(33,34)29-26(31)23-8-4-7-21(16-23)15-22-17-30(13-14-35-18-22)27(32)36-19-20-5-2-1-3-6-20/h1-12,16,22H,13-15,17-19H2,(H,29,31)/t22-/m0/s1. The molecule has 0 bridgehead atoms. The van der Waals surface area contributed by atoms with Crippen molar-refractivity contribution in [1.82, 2.24) is 9.62 Å². The highest BCUT2D eigenvalue weighted by Crippen LogP contribution is 2.18. The molecule has 0 spiro atoms. The van der Waals surface area contributed by atoms with E-state index < -0.39 is 22.0 Å². The minimum atomic E-state index is -4.01. The van der Waals surface area contributed by atoms with Gasteiger partial charge in [-0.05, 0) is 53.9 Å². The molecular weight excluding hydrogens is 560 g/mol. The zero-order valence-electron chi connectivity index (χ0n) is 20.0. The molecule has 1 saturated heterocycles. The zero-order valence-corrected chi connectivity index (χ0v) is 22.4. The fraction of sp³-hybridized carbons (Fsp3) is 0.259. The molecule has 1 aliphatic heterocycles. The van der Waals surface area contributed by atoms with Crippen LogP contribution in [0.3, 0.4) is 0 Å². The molecule has 2 amide bonds. The number of rotatable bonds is 7. The maximum absolute atomic E-state index is 12.7. The lowest BCUT2D eigenvalue weighted by molar-refractivity contribution is 0.0914. The van der Waals surface area contributed by atoms with Crippen molar-refractivity contribution in [1.29, 1.82) is 0 Å². The van der Waals surface area contributed by atoms with E-state index in [2.05, 4.69) is 20.7 Å². The maximum atomic E-state index is 12.7. The van der Waals surface area contributed by atoms with Crippen molar-refractivity contribution in [3.05, 3.63) is 100 Å². The van der Waals surface area contributed by atoms with Crippen LogP contribution in [0.1, 0.15) is 21.5 Å². The average Bonchev–Trinajstić information content (AvgIpc) is 3.14. The van der Waals surface area contributed by atoms with Gasteiger partial charge in [0.15, 0.2) is 0 Å². The summed E-state index contributed by atoms with van der Waals surface area (Å²) in [5, 5.41) is 0. The molecule has 0 radical (unpaired) electrons. The number of nitrogens with zero attached hydrogens (tertiary/aromatic N) is 1. The van der Waals surface area contributed by atoms with Crippen LogP contribution < -0.4 is 4.72 Å². The van der Waals surface area contributed by atoms with Crippen LogP contribution in [0.25, 0.3) is 0 Å². The number of halogens is 1. The monoisotopic (exact) mass is 586 g/mol. The Kier molecular flexibility index (Phi) is 8.96. The van der Waals surface area contributed by atoms with Gasteiger partial charge >= 0.3 is 6.09 Å². The normalized spacial score (nSPS) is 16.0. The summed E-state index contributed by atoms with van der Waals surface area (Å²) in [7, 11) is -4.01. The lowest BCUT2D eigenvalue weighted by Gasteiger charge is -2.23. The fourth-order valence-electron chi connectivity index (χ4n) is 4.01. The van der Waals surface area contributed by atoms with Crippen LogP contribution in [-0.2, 0) is 32.5 Å². The number of hydrogen-bond donors (Lipinski definition) is 1. The van der Waals surface area contributed by atoms with Gasteiger partial charge in [0.25, 0.3) is 15.9 Å². The number of carbonyl (C=O) groups excluding carboxylic acids is 2. The van der Waals surface area contributed by atoms with Gasteiger partial charge in [0, 0.05) is 29.0 Å². The fourth-order valence-corrected chi connectivity index (χ4v) is 5.25. The third kappa shape index (κ3) is 7.64. The van der Waals surface area contributed by atoms with E-state index in [0.29, 0.717) is 32.7 Å². The molecule has 3 aromatic rings. The Bertz CT molecular complexity index is 1330. The average molecular weight is 587 g/mol. The Morgan fingerprint density at radius 3 is 2.49 bits per heavy atom. The van der Waals surface area contributed by atoms with Crippen molar-refractivity contribution in [2.75, 3.05) is 26.3 Å². The molecule has 1 heterocycles. The topological polar surface area (TPSA) is 102 Å². The van der Waals surface area contributed by atoms with Crippen molar-refractivity contribution in [2.24, 2.45) is 5.92 Å². The van der Waals surface area contributed by atoms with Gasteiger partial charge < -0.3 is 14.4 Å². The molecule has 0 aromatic heterocycles. The highest BCUT2D eigenvalue weighted by molar-refractivity contribution is 9.10. The third-order valence-corrected chi connectivity index (χ3v) is 7.74. The van der Waals surface area contributed by atoms with E-state index in [1.807, 2.05) is 36.4 Å². The molecular formula is C27H27BrN2O6S. The number of amides is 2. The summed E-state index contributed by atoms with van der Waals surface area (Å²) in [5.74, 6) is -0.732. The Morgan fingerprint density at radius 1 is 1.00 bits per heavy atom. The Balaban J connectivity index is 1.37. The van der Waals surface area contributed by atoms with Gasteiger partial charge in [-0.15, -0.1) is 0 Å². The van der Waals surface area contributed by atoms with Crippen molar-refractivity contribution < 1.29 is 27.5 Å². The van der Waals surface area contributed by atoms with E-state index in [0.717, 1.165) is 15.6 Å². The predicted octanol–water partition coefficient (Wildman–Crippen LogP) is 4.40. The summed E-state index contributed by atoms with van der Waals surface area (Å²) in [6, 6.07) is 22.3. The van der Waals surface area contributed by atoms with E-state index in [-0.39, 0.29) is 23.0 Å². The molecule has 194 valence electrons. The molecule has 0 saturated carbocycles. The van der Waals surface area contributed by atoms with Crippen LogP contribution in [0.4, 0.5) is 4.79 Å². The first-order valence-corrected chi connectivity index (χ1v) is 14.0. The number of benzene rings is 3. The number of ether oxygens (including phenoxy) is 2. The number of sulfonamides is 1. The van der Waals surface area contributed by atoms with E-state index in [1.54, 1.807) is 35.2 Å². The quantitative estimate of drug-likeness (QED) is 0.440. The van der Waals surface area contributed by atoms with Crippen molar-refractivity contribution >= 4 is 38.0 Å². The second kappa shape index (κ2) is 12.4. The molecule has 1 aliphatic rings. The van der Waals surface area contributed by atoms with Crippen molar-refractivity contribution in [3.63, 3.8) is 0 Å². The maximum Gasteiger partial charge on any atom is 0.410 e. The van der Waals surface area contributed by atoms with Gasteiger partial charge in [-0.3, -0.25) is 4.79 Å². The molecule has 0 aliphatic carbocycles. The van der Waals surface area contributed by atoms with E-state index in [4.69, 9.17) is 9.47 Å². The van der Waals surface area contributed by atoms with E-state index in [9.17, 15) is 18.0 Å². The summed E-state index contributed by atoms with van der Waals surface area (Å²) in [6.07, 6.45) is 0.147. The minimum Gasteiger partial charge on any atom is -0.445 e. The highest BCUT2D eigenvalue weighted by atomic mass is 79.9. The molecule has 1 fully saturated rings. The van der Waals surface area contributed by atoms with Crippen LogP contribution >= 0.6 is 15.9 Å². The van der Waals surface area contributed by atoms with E-state index >= 15 is 0 Å². The lowest BCUT2D eigenvalue weighted by atomic mass is 9.98. The summed E-state index contributed by atoms with van der Waals surface area (Å²) in [5.41, 5.74) is 1.98. The number of nitrogens with one attached hydrogen (secondary N) is 1. The van der Waals surface area contributed by atoms with Gasteiger partial charge in [0.05, 0.1) is 18.1 Å². The lowest BCUT2D eigenvalue weighted by Crippen LogP contribution is -2.36. The van der Waals surface area contributed by atoms with Gasteiger partial charge in [0.1, 0.15) is 6.61 Å². The molecule has 10 heteroatoms. The molecule has 37 heavy (non-hydrogen) atoms. The largest absolute Gasteiger partial charge is 0.445 e.